The molecule has 0 bridgehead atoms. The van der Waals surface area contributed by atoms with Crippen LogP contribution in [0, 0.1) is 5.92 Å². The van der Waals surface area contributed by atoms with E-state index in [-0.39, 0.29) is 23.7 Å². The van der Waals surface area contributed by atoms with Crippen molar-refractivity contribution in [2.24, 2.45) is 5.92 Å². The molecular weight excluding hydrogens is 639 g/mol. The van der Waals surface area contributed by atoms with Gasteiger partial charge in [-0.3, -0.25) is 14.5 Å². The van der Waals surface area contributed by atoms with Gasteiger partial charge in [-0.25, -0.2) is 4.79 Å². The molecular formula is C34H29N5O4S3. The summed E-state index contributed by atoms with van der Waals surface area (Å²) < 4.78 is 15.5. The van der Waals surface area contributed by atoms with Gasteiger partial charge in [-0.1, -0.05) is 12.1 Å². The smallest absolute Gasteiger partial charge is 0.337 e. The van der Waals surface area contributed by atoms with Gasteiger partial charge in [0.2, 0.25) is 11.8 Å². The Bertz CT molecular complexity index is 2070. The number of carbonyl (C=O) groups is 3. The van der Waals surface area contributed by atoms with E-state index in [9.17, 15) is 14.4 Å². The van der Waals surface area contributed by atoms with Crippen LogP contribution in [-0.2, 0) is 14.3 Å². The van der Waals surface area contributed by atoms with E-state index in [4.69, 9.17) is 4.74 Å². The second kappa shape index (κ2) is 12.4. The second-order valence-corrected chi connectivity index (χ2v) is 13.9. The van der Waals surface area contributed by atoms with Gasteiger partial charge in [-0.15, -0.1) is 0 Å². The number of benzene rings is 3. The zero-order chi connectivity index (χ0) is 31.9. The average molecular weight is 668 g/mol. The number of ether oxygens (including phenoxy) is 1. The SMILES string of the molecule is COC(=O)c1ccc(C2C(c3cc(NC(=O)C(c4ccsc4)N(C)C)cc4sncc34)[C@H]2C(=O)Nc2ccc3cnsc3c2)cc1. The monoisotopic (exact) mass is 667 g/mol. The minimum Gasteiger partial charge on any atom is -0.465 e. The molecule has 46 heavy (non-hydrogen) atoms. The molecule has 0 aliphatic heterocycles. The van der Waals surface area contributed by atoms with Crippen LogP contribution in [0.1, 0.15) is 44.9 Å². The van der Waals surface area contributed by atoms with E-state index >= 15 is 0 Å². The number of methoxy groups -OCH3 is 1. The fourth-order valence-corrected chi connectivity index (χ4v) is 8.32. The van der Waals surface area contributed by atoms with Crippen LogP contribution in [0.4, 0.5) is 11.4 Å². The fraction of sp³-hybridized carbons (Fsp3) is 0.206. The third kappa shape index (κ3) is 5.69. The highest BCUT2D eigenvalue weighted by Crippen LogP contribution is 2.62. The molecule has 1 saturated carbocycles. The van der Waals surface area contributed by atoms with Crippen molar-refractivity contribution in [3.8, 4) is 0 Å². The Balaban J connectivity index is 1.24. The largest absolute Gasteiger partial charge is 0.465 e. The van der Waals surface area contributed by atoms with E-state index in [0.717, 1.165) is 36.9 Å². The van der Waals surface area contributed by atoms with E-state index in [1.807, 2.05) is 90.7 Å². The Morgan fingerprint density at radius 3 is 2.37 bits per heavy atom. The van der Waals surface area contributed by atoms with Crippen molar-refractivity contribution < 1.29 is 19.1 Å². The summed E-state index contributed by atoms with van der Waals surface area (Å²) in [5, 5.41) is 12.2. The predicted molar refractivity (Wildman–Crippen MR) is 184 cm³/mol. The van der Waals surface area contributed by atoms with Crippen LogP contribution in [0.25, 0.3) is 20.2 Å². The van der Waals surface area contributed by atoms with E-state index in [1.54, 1.807) is 23.5 Å². The maximum atomic E-state index is 14.0. The summed E-state index contributed by atoms with van der Waals surface area (Å²) in [5.74, 6) is -1.40. The van der Waals surface area contributed by atoms with Crippen LogP contribution >= 0.6 is 34.4 Å². The zero-order valence-electron chi connectivity index (χ0n) is 25.1. The number of anilines is 2. The van der Waals surface area contributed by atoms with Gasteiger partial charge in [0.05, 0.1) is 28.0 Å². The van der Waals surface area contributed by atoms with Crippen LogP contribution in [0.2, 0.25) is 0 Å². The van der Waals surface area contributed by atoms with E-state index < -0.39 is 17.9 Å². The van der Waals surface area contributed by atoms with Crippen molar-refractivity contribution >= 4 is 83.7 Å². The van der Waals surface area contributed by atoms with Gasteiger partial charge in [0.15, 0.2) is 0 Å². The minimum absolute atomic E-state index is 0.105. The number of thiophene rings is 1. The highest BCUT2D eigenvalue weighted by atomic mass is 32.1. The normalized spacial score (nSPS) is 18.0. The van der Waals surface area contributed by atoms with Gasteiger partial charge in [0.1, 0.15) is 6.04 Å². The van der Waals surface area contributed by atoms with Crippen molar-refractivity contribution in [1.29, 1.82) is 0 Å². The molecule has 1 aliphatic rings. The number of nitrogens with zero attached hydrogens (tertiary/aromatic N) is 3. The highest BCUT2D eigenvalue weighted by Gasteiger charge is 2.56. The number of likely N-dealkylation sites (N-methyl/N-ethyl adjacent to an activating group) is 1. The summed E-state index contributed by atoms with van der Waals surface area (Å²) in [6.07, 6.45) is 3.64. The second-order valence-electron chi connectivity index (χ2n) is 11.5. The Morgan fingerprint density at radius 2 is 1.63 bits per heavy atom. The van der Waals surface area contributed by atoms with Crippen molar-refractivity contribution in [2.75, 3.05) is 31.8 Å². The molecule has 0 radical (unpaired) electrons. The Hall–Kier alpha value is -4.49. The van der Waals surface area contributed by atoms with E-state index in [2.05, 4.69) is 19.4 Å². The average Bonchev–Trinajstić information content (AvgIpc) is 3.48. The quantitative estimate of drug-likeness (QED) is 0.158. The summed E-state index contributed by atoms with van der Waals surface area (Å²) in [5.41, 5.74) is 4.61. The number of rotatable bonds is 9. The summed E-state index contributed by atoms with van der Waals surface area (Å²) in [6, 6.07) is 18.4. The number of hydrogen-bond donors (Lipinski definition) is 2. The number of amides is 2. The number of carbonyl (C=O) groups excluding carboxylic acids is 3. The minimum atomic E-state index is -0.455. The molecule has 6 aromatic rings. The number of fused-ring (bicyclic) bond motifs is 2. The van der Waals surface area contributed by atoms with Crippen molar-refractivity contribution in [3.05, 3.63) is 106 Å². The van der Waals surface area contributed by atoms with Crippen LogP contribution < -0.4 is 10.6 Å². The summed E-state index contributed by atoms with van der Waals surface area (Å²) in [6.45, 7) is 0. The van der Waals surface area contributed by atoms with Crippen molar-refractivity contribution in [3.63, 3.8) is 0 Å². The van der Waals surface area contributed by atoms with Gasteiger partial charge in [-0.2, -0.15) is 20.1 Å². The summed E-state index contributed by atoms with van der Waals surface area (Å²) >= 11 is 4.29. The van der Waals surface area contributed by atoms with E-state index in [1.165, 1.54) is 30.2 Å². The standard InChI is InChI=1S/C34H29N5O4S3/c1-39(2)31(21-10-11-44-17-21)33(41)38-23-12-24(25-16-36-46-27(25)14-23)29-28(18-4-6-19(7-5-18)34(42)43-3)30(29)32(40)37-22-9-8-20-15-35-45-26(20)13-22/h4-17,28-31H,1-3H3,(H,37,40)(H,38,41)/t28?,29?,30-,31?/m0/s1. The Morgan fingerprint density at radius 1 is 0.870 bits per heavy atom. The van der Waals surface area contributed by atoms with Crippen LogP contribution in [0.3, 0.4) is 0 Å². The molecule has 2 amide bonds. The summed E-state index contributed by atoms with van der Waals surface area (Å²) in [7, 11) is 5.12. The topological polar surface area (TPSA) is 114 Å². The molecule has 3 aromatic carbocycles. The molecule has 3 unspecified atom stereocenters. The first-order valence-electron chi connectivity index (χ1n) is 14.5. The maximum absolute atomic E-state index is 14.0. The van der Waals surface area contributed by atoms with Gasteiger partial charge >= 0.3 is 5.97 Å². The first-order chi connectivity index (χ1) is 22.3. The fourth-order valence-electron chi connectivity index (χ4n) is 6.23. The summed E-state index contributed by atoms with van der Waals surface area (Å²) in [4.78, 5) is 41.6. The third-order valence-corrected chi connectivity index (χ3v) is 10.6. The maximum Gasteiger partial charge on any atom is 0.337 e. The van der Waals surface area contributed by atoms with E-state index in [0.29, 0.717) is 16.9 Å². The van der Waals surface area contributed by atoms with Gasteiger partial charge in [-0.05, 0) is 113 Å². The Kier molecular flexibility index (Phi) is 8.11. The number of hydrogen-bond acceptors (Lipinski definition) is 10. The molecule has 7 rings (SSSR count). The number of esters is 1. The lowest BCUT2D eigenvalue weighted by molar-refractivity contribution is -0.120. The Labute approximate surface area is 277 Å². The molecule has 1 fully saturated rings. The lowest BCUT2D eigenvalue weighted by atomic mass is 10.00. The number of aromatic nitrogens is 2. The first-order valence-corrected chi connectivity index (χ1v) is 17.0. The lowest BCUT2D eigenvalue weighted by Gasteiger charge is -2.23. The van der Waals surface area contributed by atoms with Crippen LogP contribution in [0.15, 0.2) is 83.8 Å². The molecule has 1 aliphatic carbocycles. The first kappa shape index (κ1) is 30.2. The van der Waals surface area contributed by atoms with Crippen molar-refractivity contribution in [1.82, 2.24) is 13.6 Å². The van der Waals surface area contributed by atoms with Crippen LogP contribution in [0.5, 0.6) is 0 Å². The number of nitrogens with one attached hydrogen (secondary N) is 2. The third-order valence-electron chi connectivity index (χ3n) is 8.42. The lowest BCUT2D eigenvalue weighted by Crippen LogP contribution is -2.32. The molecule has 0 spiro atoms. The highest BCUT2D eigenvalue weighted by molar-refractivity contribution is 7.13. The van der Waals surface area contributed by atoms with Crippen molar-refractivity contribution in [2.45, 2.75) is 17.9 Å². The zero-order valence-corrected chi connectivity index (χ0v) is 27.5. The van der Waals surface area contributed by atoms with Crippen LogP contribution in [-0.4, -0.2) is 52.6 Å². The molecule has 232 valence electrons. The predicted octanol–water partition coefficient (Wildman–Crippen LogP) is 7.13. The molecule has 4 atom stereocenters. The van der Waals surface area contributed by atoms with Gasteiger partial charge in [0.25, 0.3) is 0 Å². The molecule has 0 saturated heterocycles. The molecule has 12 heteroatoms. The molecule has 3 aromatic heterocycles. The van der Waals surface area contributed by atoms with Gasteiger partial charge in [0, 0.05) is 46.4 Å². The molecule has 9 nitrogen and oxygen atoms in total. The van der Waals surface area contributed by atoms with Gasteiger partial charge < -0.3 is 15.4 Å². The molecule has 2 N–H and O–H groups in total. The molecule has 3 heterocycles.